The van der Waals surface area contributed by atoms with E-state index in [9.17, 15) is 0 Å². The minimum atomic E-state index is -4.67. The van der Waals surface area contributed by atoms with Gasteiger partial charge >= 0.3 is 10.4 Å². The van der Waals surface area contributed by atoms with E-state index in [1.54, 1.807) is 0 Å². The smallest absolute Gasteiger partial charge is 0.394 e. The Labute approximate surface area is 315 Å². The van der Waals surface area contributed by atoms with E-state index < -0.39 is 10.4 Å². The van der Waals surface area contributed by atoms with Crippen LogP contribution in [0.1, 0.15) is 66.2 Å². The van der Waals surface area contributed by atoms with Gasteiger partial charge in [0.1, 0.15) is 6.10 Å². The molecule has 4 fully saturated rings. The first kappa shape index (κ1) is 36.8. The average Bonchev–Trinajstić information content (AvgIpc) is 4.01. The highest BCUT2D eigenvalue weighted by molar-refractivity contribution is 7.79. The standard InChI is InChI=1S/C21H25NO.C20H18O6.H2O4S/c1-22-18-12-13-19(22)15-20(14-18)23-21(16-8-4-2-5-9-16)17-10-6-3-7-11-17;1-3-15-17(25-9-23-15)5-11(1)19-13-7-22-20(14(13)8-21-19)12-2-4-16-18(6-12)26-10-24-16;1-5(2,3)4/h2-11,18-21H,12-15H2,1H3;1-6,13-14,19-20H,7-10H2;(H2,1,2,3,4). The Kier molecular flexibility index (Phi) is 10.8. The summed E-state index contributed by atoms with van der Waals surface area (Å²) in [5.74, 6) is 3.83. The van der Waals surface area contributed by atoms with Gasteiger partial charge in [0.05, 0.1) is 31.5 Å². The van der Waals surface area contributed by atoms with Crippen LogP contribution in [0.15, 0.2) is 97.1 Å². The topological polar surface area (TPSA) is 142 Å². The molecule has 4 aromatic rings. The lowest BCUT2D eigenvalue weighted by Gasteiger charge is -2.38. The van der Waals surface area contributed by atoms with Crippen LogP contribution in [0, 0.1) is 11.8 Å². The average molecular weight is 760 g/mol. The Balaban J connectivity index is 0.000000137. The Bertz CT molecular complexity index is 1870. The minimum absolute atomic E-state index is 0.0218. The van der Waals surface area contributed by atoms with Crippen molar-refractivity contribution >= 4 is 10.4 Å². The van der Waals surface area contributed by atoms with Crippen LogP contribution < -0.4 is 18.9 Å². The van der Waals surface area contributed by atoms with Crippen molar-refractivity contribution in [2.45, 2.75) is 62.2 Å². The second kappa shape index (κ2) is 15.9. The molecule has 2 N–H and O–H groups in total. The highest BCUT2D eigenvalue weighted by atomic mass is 32.3. The Morgan fingerprint density at radius 3 is 1.52 bits per heavy atom. The highest BCUT2D eigenvalue weighted by Crippen LogP contribution is 2.52. The van der Waals surface area contributed by atoms with Gasteiger partial charge in [0, 0.05) is 23.9 Å². The number of rotatable bonds is 6. The molecular weight excluding hydrogens is 715 g/mol. The van der Waals surface area contributed by atoms with E-state index in [1.807, 2.05) is 24.3 Å². The number of fused-ring (bicyclic) bond motifs is 5. The maximum Gasteiger partial charge on any atom is 0.394 e. The minimum Gasteiger partial charge on any atom is -0.454 e. The van der Waals surface area contributed by atoms with Crippen LogP contribution in [-0.4, -0.2) is 74.5 Å². The van der Waals surface area contributed by atoms with Gasteiger partial charge in [-0.25, -0.2) is 0 Å². The Morgan fingerprint density at radius 1 is 0.648 bits per heavy atom. The number of benzene rings is 4. The fraction of sp³-hybridized carbons (Fsp3) is 0.415. The maximum atomic E-state index is 8.74. The highest BCUT2D eigenvalue weighted by Gasteiger charge is 2.48. The van der Waals surface area contributed by atoms with Crippen LogP contribution in [0.25, 0.3) is 0 Å². The molecule has 0 aromatic heterocycles. The predicted octanol–water partition coefficient (Wildman–Crippen LogP) is 6.98. The third-order valence-electron chi connectivity index (χ3n) is 11.3. The maximum absolute atomic E-state index is 8.74. The largest absolute Gasteiger partial charge is 0.454 e. The number of nitrogens with zero attached hydrogens (tertiary/aromatic N) is 1. The fourth-order valence-corrected chi connectivity index (χ4v) is 8.69. The third-order valence-corrected chi connectivity index (χ3v) is 11.3. The molecule has 6 unspecified atom stereocenters. The molecule has 54 heavy (non-hydrogen) atoms. The van der Waals surface area contributed by atoms with Gasteiger partial charge in [0.25, 0.3) is 0 Å². The Hall–Kier alpha value is -4.21. The second-order valence-corrected chi connectivity index (χ2v) is 15.4. The number of hydrogen-bond acceptors (Lipinski definition) is 10. The van der Waals surface area contributed by atoms with Crippen molar-refractivity contribution in [1.82, 2.24) is 4.90 Å². The lowest BCUT2D eigenvalue weighted by Crippen LogP contribution is -2.43. The quantitative estimate of drug-likeness (QED) is 0.196. The lowest BCUT2D eigenvalue weighted by molar-refractivity contribution is -0.0426. The van der Waals surface area contributed by atoms with Gasteiger partial charge in [-0.15, -0.1) is 0 Å². The van der Waals surface area contributed by atoms with E-state index in [2.05, 4.69) is 84.7 Å². The SMILES string of the molecule is CN1C2CCC1CC(OC(c1ccccc1)c1ccccc1)C2.O=S(=O)(O)O.c1cc2c(cc1C1OCC3C(c4ccc5c(c4)OCO5)OCC13)OCO2. The number of hydrogen-bond donors (Lipinski definition) is 2. The van der Waals surface area contributed by atoms with Gasteiger partial charge < -0.3 is 38.1 Å². The molecule has 12 nitrogen and oxygen atoms in total. The van der Waals surface area contributed by atoms with Gasteiger partial charge in [-0.2, -0.15) is 8.42 Å². The van der Waals surface area contributed by atoms with E-state index >= 15 is 0 Å². The van der Waals surface area contributed by atoms with Crippen LogP contribution in [0.3, 0.4) is 0 Å². The lowest BCUT2D eigenvalue weighted by atomic mass is 9.85. The summed E-state index contributed by atoms with van der Waals surface area (Å²) in [5.41, 5.74) is 4.75. The summed E-state index contributed by atoms with van der Waals surface area (Å²) in [6, 6.07) is 34.8. The van der Waals surface area contributed by atoms with Crippen molar-refractivity contribution < 1.29 is 50.7 Å². The molecule has 0 saturated carbocycles. The third kappa shape index (κ3) is 8.22. The van der Waals surface area contributed by atoms with Crippen molar-refractivity contribution in [2.75, 3.05) is 33.8 Å². The first-order valence-electron chi connectivity index (χ1n) is 18.4. The zero-order valence-corrected chi connectivity index (χ0v) is 30.8. The molecule has 6 atom stereocenters. The summed E-state index contributed by atoms with van der Waals surface area (Å²) >= 11 is 0. The first-order chi connectivity index (χ1) is 26.2. The first-order valence-corrected chi connectivity index (χ1v) is 19.8. The molecule has 0 spiro atoms. The van der Waals surface area contributed by atoms with E-state index in [0.717, 1.165) is 34.1 Å². The van der Waals surface area contributed by atoms with Crippen molar-refractivity contribution in [3.8, 4) is 23.0 Å². The van der Waals surface area contributed by atoms with Crippen LogP contribution >= 0.6 is 0 Å². The summed E-state index contributed by atoms with van der Waals surface area (Å²) in [6.45, 7) is 1.93. The van der Waals surface area contributed by atoms with Crippen molar-refractivity contribution in [3.05, 3.63) is 119 Å². The van der Waals surface area contributed by atoms with Crippen LogP contribution in [0.5, 0.6) is 23.0 Å². The summed E-state index contributed by atoms with van der Waals surface area (Å²) in [6.07, 6.45) is 5.47. The molecular formula is C41H45NO11S. The number of piperidine rings is 1. The van der Waals surface area contributed by atoms with Crippen molar-refractivity contribution in [1.29, 1.82) is 0 Å². The van der Waals surface area contributed by atoms with E-state index in [4.69, 9.17) is 50.7 Å². The van der Waals surface area contributed by atoms with E-state index in [1.165, 1.54) is 36.8 Å². The normalized spacial score (nSPS) is 27.5. The van der Waals surface area contributed by atoms with Gasteiger partial charge in [-0.05, 0) is 79.3 Å². The summed E-state index contributed by atoms with van der Waals surface area (Å²) in [4.78, 5) is 2.57. The molecule has 10 rings (SSSR count). The molecule has 6 aliphatic heterocycles. The molecule has 4 saturated heterocycles. The van der Waals surface area contributed by atoms with Gasteiger partial charge in [0.15, 0.2) is 23.0 Å². The number of ether oxygens (including phenoxy) is 7. The van der Waals surface area contributed by atoms with Crippen molar-refractivity contribution in [2.24, 2.45) is 11.8 Å². The molecule has 13 heteroatoms. The van der Waals surface area contributed by atoms with Crippen LogP contribution in [-0.2, 0) is 24.6 Å². The van der Waals surface area contributed by atoms with E-state index in [-0.39, 0.29) is 31.9 Å². The zero-order chi connectivity index (χ0) is 37.2. The zero-order valence-electron chi connectivity index (χ0n) is 29.9. The van der Waals surface area contributed by atoms with E-state index in [0.29, 0.717) is 43.2 Å². The molecule has 0 amide bonds. The molecule has 286 valence electrons. The molecule has 2 bridgehead atoms. The predicted molar refractivity (Wildman–Crippen MR) is 197 cm³/mol. The monoisotopic (exact) mass is 759 g/mol. The van der Waals surface area contributed by atoms with Crippen LogP contribution in [0.2, 0.25) is 0 Å². The summed E-state index contributed by atoms with van der Waals surface area (Å²) < 4.78 is 72.4. The molecule has 6 aliphatic rings. The summed E-state index contributed by atoms with van der Waals surface area (Å²) in [7, 11) is -2.38. The van der Waals surface area contributed by atoms with Gasteiger partial charge in [-0.3, -0.25) is 9.11 Å². The van der Waals surface area contributed by atoms with Gasteiger partial charge in [-0.1, -0.05) is 72.8 Å². The van der Waals surface area contributed by atoms with Gasteiger partial charge in [0.2, 0.25) is 13.6 Å². The summed E-state index contributed by atoms with van der Waals surface area (Å²) in [5, 5.41) is 0. The molecule has 0 radical (unpaired) electrons. The molecule has 0 aliphatic carbocycles. The molecule has 6 heterocycles. The Morgan fingerprint density at radius 2 is 1.07 bits per heavy atom. The second-order valence-electron chi connectivity index (χ2n) is 14.5. The fourth-order valence-electron chi connectivity index (χ4n) is 8.69. The molecule has 4 aromatic carbocycles. The van der Waals surface area contributed by atoms with Crippen LogP contribution in [0.4, 0.5) is 0 Å². The van der Waals surface area contributed by atoms with Crippen molar-refractivity contribution in [3.63, 3.8) is 0 Å².